The van der Waals surface area contributed by atoms with Crippen molar-refractivity contribution in [3.05, 3.63) is 11.4 Å². The lowest BCUT2D eigenvalue weighted by atomic mass is 10.1. The number of fused-ring (bicyclic) bond motifs is 1. The second kappa shape index (κ2) is 7.21. The predicted octanol–water partition coefficient (Wildman–Crippen LogP) is 2.38. The van der Waals surface area contributed by atoms with E-state index in [1.807, 2.05) is 11.4 Å². The lowest BCUT2D eigenvalue weighted by Gasteiger charge is -2.19. The SMILES string of the molecule is CCCC[C@H](CNC(C)=O)Nc1nc(N)nc2ccsc12. The molecule has 0 saturated carbocycles. The first-order chi connectivity index (χ1) is 10.1. The minimum absolute atomic E-state index is 0.0261. The van der Waals surface area contributed by atoms with Crippen LogP contribution in [0.1, 0.15) is 33.1 Å². The van der Waals surface area contributed by atoms with Crippen LogP contribution >= 0.6 is 11.3 Å². The Morgan fingerprint density at radius 1 is 1.48 bits per heavy atom. The summed E-state index contributed by atoms with van der Waals surface area (Å²) in [6.07, 6.45) is 3.16. The van der Waals surface area contributed by atoms with Crippen LogP contribution in [-0.4, -0.2) is 28.5 Å². The molecule has 2 heterocycles. The summed E-state index contributed by atoms with van der Waals surface area (Å²) in [5, 5.41) is 8.23. The van der Waals surface area contributed by atoms with E-state index in [2.05, 4.69) is 27.5 Å². The number of hydrogen-bond acceptors (Lipinski definition) is 6. The van der Waals surface area contributed by atoms with Gasteiger partial charge in [-0.25, -0.2) is 4.98 Å². The number of aromatic nitrogens is 2. The Bertz CT molecular complexity index is 612. The zero-order chi connectivity index (χ0) is 15.2. The first-order valence-electron chi connectivity index (χ1n) is 7.11. The molecule has 21 heavy (non-hydrogen) atoms. The zero-order valence-corrected chi connectivity index (χ0v) is 13.2. The van der Waals surface area contributed by atoms with E-state index in [4.69, 9.17) is 5.73 Å². The number of nitrogens with zero attached hydrogens (tertiary/aromatic N) is 2. The summed E-state index contributed by atoms with van der Waals surface area (Å²) in [4.78, 5) is 19.6. The van der Waals surface area contributed by atoms with Crippen molar-refractivity contribution >= 4 is 39.2 Å². The zero-order valence-electron chi connectivity index (χ0n) is 12.3. The Kier molecular flexibility index (Phi) is 5.32. The molecule has 0 aromatic carbocycles. The number of nitrogen functional groups attached to an aromatic ring is 1. The number of carbonyl (C=O) groups is 1. The van der Waals surface area contributed by atoms with Gasteiger partial charge in [0, 0.05) is 19.5 Å². The van der Waals surface area contributed by atoms with Gasteiger partial charge < -0.3 is 16.4 Å². The van der Waals surface area contributed by atoms with Crippen molar-refractivity contribution in [2.75, 3.05) is 17.6 Å². The van der Waals surface area contributed by atoms with Gasteiger partial charge in [0.1, 0.15) is 5.82 Å². The van der Waals surface area contributed by atoms with E-state index < -0.39 is 0 Å². The fraction of sp³-hybridized carbons (Fsp3) is 0.500. The highest BCUT2D eigenvalue weighted by molar-refractivity contribution is 7.17. The molecule has 7 heteroatoms. The number of hydrogen-bond donors (Lipinski definition) is 3. The van der Waals surface area contributed by atoms with E-state index in [9.17, 15) is 4.79 Å². The highest BCUT2D eigenvalue weighted by Crippen LogP contribution is 2.27. The number of amides is 1. The molecule has 4 N–H and O–H groups in total. The summed E-state index contributed by atoms with van der Waals surface area (Å²) in [5.74, 6) is 0.984. The average molecular weight is 307 g/mol. The monoisotopic (exact) mass is 307 g/mol. The van der Waals surface area contributed by atoms with Crippen molar-refractivity contribution in [1.82, 2.24) is 15.3 Å². The van der Waals surface area contributed by atoms with Gasteiger partial charge in [0.2, 0.25) is 11.9 Å². The standard InChI is InChI=1S/C14H21N5OS/c1-3-4-5-10(8-16-9(2)20)17-13-12-11(6-7-21-12)18-14(15)19-13/h6-7,10H,3-5,8H2,1-2H3,(H,16,20)(H3,15,17,18,19)/t10-/m1/s1. The highest BCUT2D eigenvalue weighted by Gasteiger charge is 2.13. The van der Waals surface area contributed by atoms with Crippen molar-refractivity contribution < 1.29 is 4.79 Å². The topological polar surface area (TPSA) is 92.9 Å². The van der Waals surface area contributed by atoms with Gasteiger partial charge >= 0.3 is 0 Å². The van der Waals surface area contributed by atoms with Crippen molar-refractivity contribution in [3.63, 3.8) is 0 Å². The van der Waals surface area contributed by atoms with Gasteiger partial charge in [0.15, 0.2) is 0 Å². The van der Waals surface area contributed by atoms with Crippen molar-refractivity contribution in [1.29, 1.82) is 0 Å². The summed E-state index contributed by atoms with van der Waals surface area (Å²) in [6.45, 7) is 4.25. The van der Waals surface area contributed by atoms with E-state index in [0.29, 0.717) is 6.54 Å². The van der Waals surface area contributed by atoms with Gasteiger partial charge in [-0.15, -0.1) is 11.3 Å². The van der Waals surface area contributed by atoms with Crippen LogP contribution in [0.5, 0.6) is 0 Å². The molecule has 0 aliphatic rings. The molecule has 0 unspecified atom stereocenters. The Morgan fingerprint density at radius 2 is 2.29 bits per heavy atom. The van der Waals surface area contributed by atoms with Gasteiger partial charge in [0.25, 0.3) is 0 Å². The first-order valence-corrected chi connectivity index (χ1v) is 7.99. The molecule has 114 valence electrons. The number of nitrogens with two attached hydrogens (primary N) is 1. The van der Waals surface area contributed by atoms with Crippen LogP contribution in [0.25, 0.3) is 10.2 Å². The fourth-order valence-electron chi connectivity index (χ4n) is 2.12. The summed E-state index contributed by atoms with van der Waals surface area (Å²) in [7, 11) is 0. The first kappa shape index (κ1) is 15.5. The molecule has 2 aromatic heterocycles. The molecular formula is C14H21N5OS. The van der Waals surface area contributed by atoms with Crippen LogP contribution in [-0.2, 0) is 4.79 Å². The van der Waals surface area contributed by atoms with Crippen LogP contribution in [0.15, 0.2) is 11.4 Å². The Morgan fingerprint density at radius 3 is 3.00 bits per heavy atom. The molecule has 2 rings (SSSR count). The fourth-order valence-corrected chi connectivity index (χ4v) is 2.90. The maximum absolute atomic E-state index is 11.1. The van der Waals surface area contributed by atoms with Crippen LogP contribution in [0.3, 0.4) is 0 Å². The maximum atomic E-state index is 11.1. The van der Waals surface area contributed by atoms with Gasteiger partial charge in [-0.1, -0.05) is 19.8 Å². The van der Waals surface area contributed by atoms with Crippen LogP contribution in [0, 0.1) is 0 Å². The van der Waals surface area contributed by atoms with E-state index in [0.717, 1.165) is 35.3 Å². The molecule has 0 aliphatic carbocycles. The molecule has 0 saturated heterocycles. The molecule has 1 amide bonds. The smallest absolute Gasteiger partial charge is 0.222 e. The lowest BCUT2D eigenvalue weighted by Crippen LogP contribution is -2.35. The third-order valence-electron chi connectivity index (χ3n) is 3.17. The summed E-state index contributed by atoms with van der Waals surface area (Å²) < 4.78 is 0.994. The minimum atomic E-state index is -0.0261. The summed E-state index contributed by atoms with van der Waals surface area (Å²) in [5.41, 5.74) is 6.61. The minimum Gasteiger partial charge on any atom is -0.368 e. The molecule has 0 spiro atoms. The molecule has 0 bridgehead atoms. The van der Waals surface area contributed by atoms with Crippen LogP contribution in [0.4, 0.5) is 11.8 Å². The molecular weight excluding hydrogens is 286 g/mol. The molecule has 0 aliphatic heterocycles. The number of carbonyl (C=O) groups excluding carboxylic acids is 1. The maximum Gasteiger partial charge on any atom is 0.222 e. The molecule has 6 nitrogen and oxygen atoms in total. The third kappa shape index (κ3) is 4.29. The molecule has 2 aromatic rings. The second-order valence-corrected chi connectivity index (χ2v) is 5.90. The van der Waals surface area contributed by atoms with Gasteiger partial charge in [-0.2, -0.15) is 4.98 Å². The molecule has 1 atom stereocenters. The van der Waals surface area contributed by atoms with E-state index >= 15 is 0 Å². The average Bonchev–Trinajstić information content (AvgIpc) is 2.89. The summed E-state index contributed by atoms with van der Waals surface area (Å²) in [6, 6.07) is 2.06. The van der Waals surface area contributed by atoms with Crippen molar-refractivity contribution in [2.45, 2.75) is 39.2 Å². The normalized spacial score (nSPS) is 12.3. The third-order valence-corrected chi connectivity index (χ3v) is 4.08. The number of thiophene rings is 1. The van der Waals surface area contributed by atoms with Gasteiger partial charge in [-0.05, 0) is 17.9 Å². The van der Waals surface area contributed by atoms with Gasteiger partial charge in [-0.3, -0.25) is 4.79 Å². The van der Waals surface area contributed by atoms with Crippen LogP contribution < -0.4 is 16.4 Å². The van der Waals surface area contributed by atoms with E-state index in [-0.39, 0.29) is 17.9 Å². The Hall–Kier alpha value is -1.89. The van der Waals surface area contributed by atoms with Crippen molar-refractivity contribution in [3.8, 4) is 0 Å². The summed E-state index contributed by atoms with van der Waals surface area (Å²) >= 11 is 1.58. The van der Waals surface area contributed by atoms with Crippen LogP contribution in [0.2, 0.25) is 0 Å². The lowest BCUT2D eigenvalue weighted by molar-refractivity contribution is -0.119. The van der Waals surface area contributed by atoms with Gasteiger partial charge in [0.05, 0.1) is 10.2 Å². The molecule has 0 radical (unpaired) electrons. The molecule has 0 fully saturated rings. The highest BCUT2D eigenvalue weighted by atomic mass is 32.1. The largest absolute Gasteiger partial charge is 0.368 e. The quantitative estimate of drug-likeness (QED) is 0.730. The number of nitrogens with one attached hydrogen (secondary N) is 2. The number of rotatable bonds is 7. The van der Waals surface area contributed by atoms with Crippen molar-refractivity contribution in [2.24, 2.45) is 0 Å². The Labute approximate surface area is 128 Å². The van der Waals surface area contributed by atoms with E-state index in [1.165, 1.54) is 6.92 Å². The Balaban J connectivity index is 2.16. The number of anilines is 2. The van der Waals surface area contributed by atoms with E-state index in [1.54, 1.807) is 11.3 Å². The number of unbranched alkanes of at least 4 members (excludes halogenated alkanes) is 1. The second-order valence-electron chi connectivity index (χ2n) is 4.99. The predicted molar refractivity (Wildman–Crippen MR) is 87.4 cm³/mol.